The Labute approximate surface area is 101 Å². The third kappa shape index (κ3) is 2.08. The maximum atomic E-state index is 11.5. The minimum atomic E-state index is -0.768. The summed E-state index contributed by atoms with van der Waals surface area (Å²) in [4.78, 5) is 22.6. The zero-order chi connectivity index (χ0) is 12.6. The van der Waals surface area contributed by atoms with Crippen molar-refractivity contribution in [3.63, 3.8) is 0 Å². The average molecular weight is 238 g/mol. The van der Waals surface area contributed by atoms with E-state index in [4.69, 9.17) is 9.47 Å². The molecule has 1 heterocycles. The van der Waals surface area contributed by atoms with Crippen LogP contribution in [0.25, 0.3) is 0 Å². The zero-order valence-electron chi connectivity index (χ0n) is 10.5. The molecule has 2 rings (SSSR count). The molecule has 0 amide bonds. The van der Waals surface area contributed by atoms with Crippen LogP contribution in [0.5, 0.6) is 0 Å². The molecule has 1 aliphatic heterocycles. The Balaban J connectivity index is 2.34. The van der Waals surface area contributed by atoms with Crippen molar-refractivity contribution in [3.05, 3.63) is 11.6 Å². The quantitative estimate of drug-likeness (QED) is 0.657. The van der Waals surface area contributed by atoms with Gasteiger partial charge in [0.2, 0.25) is 0 Å². The van der Waals surface area contributed by atoms with Crippen LogP contribution in [0.1, 0.15) is 40.0 Å². The van der Waals surface area contributed by atoms with E-state index >= 15 is 0 Å². The second-order valence-electron chi connectivity index (χ2n) is 5.19. The van der Waals surface area contributed by atoms with Crippen molar-refractivity contribution in [2.75, 3.05) is 0 Å². The molecule has 17 heavy (non-hydrogen) atoms. The van der Waals surface area contributed by atoms with E-state index in [1.807, 2.05) is 6.92 Å². The number of fused-ring (bicyclic) bond motifs is 1. The van der Waals surface area contributed by atoms with E-state index in [9.17, 15) is 9.59 Å². The SMILES string of the molecule is CC(=O)OC1OC(=O)C=C2[C@@H](C)CCC[C@]21C. The van der Waals surface area contributed by atoms with Gasteiger partial charge in [-0.05, 0) is 31.3 Å². The van der Waals surface area contributed by atoms with Crippen LogP contribution in [0.4, 0.5) is 0 Å². The Morgan fingerprint density at radius 1 is 1.59 bits per heavy atom. The topological polar surface area (TPSA) is 52.6 Å². The first-order valence-corrected chi connectivity index (χ1v) is 6.03. The lowest BCUT2D eigenvalue weighted by Crippen LogP contribution is -2.47. The van der Waals surface area contributed by atoms with Gasteiger partial charge < -0.3 is 9.47 Å². The molecule has 0 aromatic carbocycles. The molecule has 3 atom stereocenters. The summed E-state index contributed by atoms with van der Waals surface area (Å²) in [6.07, 6.45) is 3.82. The lowest BCUT2D eigenvalue weighted by atomic mass is 9.66. The number of rotatable bonds is 1. The van der Waals surface area contributed by atoms with Gasteiger partial charge in [0.15, 0.2) is 0 Å². The van der Waals surface area contributed by atoms with Crippen LogP contribution in [-0.2, 0) is 19.1 Å². The van der Waals surface area contributed by atoms with E-state index in [1.165, 1.54) is 6.92 Å². The number of hydrogen-bond donors (Lipinski definition) is 0. The molecule has 1 saturated carbocycles. The highest BCUT2D eigenvalue weighted by atomic mass is 16.7. The van der Waals surface area contributed by atoms with Gasteiger partial charge in [0.1, 0.15) is 0 Å². The monoisotopic (exact) mass is 238 g/mol. The normalized spacial score (nSPS) is 36.6. The van der Waals surface area contributed by atoms with Gasteiger partial charge in [-0.1, -0.05) is 13.3 Å². The maximum Gasteiger partial charge on any atom is 0.333 e. The van der Waals surface area contributed by atoms with Crippen molar-refractivity contribution in [1.82, 2.24) is 0 Å². The molecule has 0 aromatic heterocycles. The second kappa shape index (κ2) is 4.17. The van der Waals surface area contributed by atoms with Crippen molar-refractivity contribution in [2.45, 2.75) is 46.3 Å². The van der Waals surface area contributed by atoms with E-state index in [-0.39, 0.29) is 5.41 Å². The molecule has 1 aliphatic carbocycles. The predicted octanol–water partition coefficient (Wildman–Crippen LogP) is 2.19. The van der Waals surface area contributed by atoms with Gasteiger partial charge in [0.25, 0.3) is 6.29 Å². The Morgan fingerprint density at radius 2 is 2.29 bits per heavy atom. The van der Waals surface area contributed by atoms with Gasteiger partial charge in [-0.2, -0.15) is 0 Å². The van der Waals surface area contributed by atoms with Gasteiger partial charge >= 0.3 is 11.9 Å². The molecular weight excluding hydrogens is 220 g/mol. The standard InChI is InChI=1S/C13H18O4/c1-8-5-4-6-13(3)10(8)7-11(15)17-12(13)16-9(2)14/h7-8,12H,4-6H2,1-3H3/t8-,12?,13+/m0/s1. The predicted molar refractivity (Wildman–Crippen MR) is 60.9 cm³/mol. The van der Waals surface area contributed by atoms with Crippen LogP contribution in [0.15, 0.2) is 11.6 Å². The van der Waals surface area contributed by atoms with Crippen molar-refractivity contribution in [3.8, 4) is 0 Å². The molecule has 2 aliphatic rings. The van der Waals surface area contributed by atoms with E-state index in [2.05, 4.69) is 6.92 Å². The molecule has 94 valence electrons. The molecule has 0 bridgehead atoms. The van der Waals surface area contributed by atoms with Crippen molar-refractivity contribution < 1.29 is 19.1 Å². The Morgan fingerprint density at radius 3 is 2.94 bits per heavy atom. The molecule has 1 unspecified atom stereocenters. The summed E-state index contributed by atoms with van der Waals surface area (Å²) >= 11 is 0. The zero-order valence-corrected chi connectivity index (χ0v) is 10.5. The number of carbonyl (C=O) groups excluding carboxylic acids is 2. The van der Waals surface area contributed by atoms with Crippen molar-refractivity contribution in [1.29, 1.82) is 0 Å². The van der Waals surface area contributed by atoms with Gasteiger partial charge in [-0.3, -0.25) is 4.79 Å². The van der Waals surface area contributed by atoms with Crippen LogP contribution >= 0.6 is 0 Å². The first-order valence-electron chi connectivity index (χ1n) is 6.03. The van der Waals surface area contributed by atoms with E-state index in [0.717, 1.165) is 24.8 Å². The van der Waals surface area contributed by atoms with E-state index in [0.29, 0.717) is 5.92 Å². The minimum Gasteiger partial charge on any atom is -0.424 e. The van der Waals surface area contributed by atoms with Gasteiger partial charge in [-0.15, -0.1) is 0 Å². The summed E-state index contributed by atoms with van der Waals surface area (Å²) in [6, 6.07) is 0. The fourth-order valence-electron chi connectivity index (χ4n) is 2.90. The summed E-state index contributed by atoms with van der Waals surface area (Å²) in [5.74, 6) is -0.472. The van der Waals surface area contributed by atoms with E-state index < -0.39 is 18.2 Å². The van der Waals surface area contributed by atoms with Gasteiger partial charge in [-0.25, -0.2) is 4.79 Å². The molecule has 4 heteroatoms. The largest absolute Gasteiger partial charge is 0.424 e. The average Bonchev–Trinajstić information content (AvgIpc) is 2.21. The fraction of sp³-hybridized carbons (Fsp3) is 0.692. The van der Waals surface area contributed by atoms with Crippen LogP contribution < -0.4 is 0 Å². The lowest BCUT2D eigenvalue weighted by molar-refractivity contribution is -0.209. The summed E-state index contributed by atoms with van der Waals surface area (Å²) < 4.78 is 10.3. The summed E-state index contributed by atoms with van der Waals surface area (Å²) in [5.41, 5.74) is 0.711. The smallest absolute Gasteiger partial charge is 0.333 e. The second-order valence-corrected chi connectivity index (χ2v) is 5.19. The Hall–Kier alpha value is -1.32. The molecule has 0 spiro atoms. The molecular formula is C13H18O4. The number of carbonyl (C=O) groups is 2. The van der Waals surface area contributed by atoms with Gasteiger partial charge in [0, 0.05) is 13.0 Å². The first kappa shape index (κ1) is 12.1. The van der Waals surface area contributed by atoms with Crippen molar-refractivity contribution >= 4 is 11.9 Å². The lowest BCUT2D eigenvalue weighted by Gasteiger charge is -2.45. The molecule has 4 nitrogen and oxygen atoms in total. The number of ether oxygens (including phenoxy) is 2. The molecule has 0 radical (unpaired) electrons. The molecule has 1 fully saturated rings. The molecule has 0 aromatic rings. The summed E-state index contributed by atoms with van der Waals surface area (Å²) in [7, 11) is 0. The highest BCUT2D eigenvalue weighted by molar-refractivity contribution is 5.84. The number of esters is 2. The summed E-state index contributed by atoms with van der Waals surface area (Å²) in [5, 5.41) is 0. The number of hydrogen-bond acceptors (Lipinski definition) is 4. The molecule has 0 N–H and O–H groups in total. The first-order chi connectivity index (χ1) is 7.93. The van der Waals surface area contributed by atoms with Gasteiger partial charge in [0.05, 0.1) is 5.41 Å². The third-order valence-electron chi connectivity index (χ3n) is 3.81. The highest BCUT2D eigenvalue weighted by Gasteiger charge is 2.48. The maximum absolute atomic E-state index is 11.5. The number of cyclic esters (lactones) is 1. The Kier molecular flexibility index (Phi) is 2.98. The van der Waals surface area contributed by atoms with Crippen LogP contribution in [0.2, 0.25) is 0 Å². The van der Waals surface area contributed by atoms with E-state index in [1.54, 1.807) is 6.08 Å². The fourth-order valence-corrected chi connectivity index (χ4v) is 2.90. The minimum absolute atomic E-state index is 0.347. The molecule has 0 saturated heterocycles. The highest BCUT2D eigenvalue weighted by Crippen LogP contribution is 2.49. The summed E-state index contributed by atoms with van der Waals surface area (Å²) in [6.45, 7) is 5.45. The third-order valence-corrected chi connectivity index (χ3v) is 3.81. The van der Waals surface area contributed by atoms with Crippen LogP contribution in [0, 0.1) is 11.3 Å². The van der Waals surface area contributed by atoms with Crippen molar-refractivity contribution in [2.24, 2.45) is 11.3 Å². The van der Waals surface area contributed by atoms with Crippen LogP contribution in [-0.4, -0.2) is 18.2 Å². The van der Waals surface area contributed by atoms with Crippen LogP contribution in [0.3, 0.4) is 0 Å². The Bertz CT molecular complexity index is 385.